The van der Waals surface area contributed by atoms with Crippen molar-refractivity contribution in [1.82, 2.24) is 20.4 Å². The fourth-order valence-electron chi connectivity index (χ4n) is 4.70. The first-order valence-electron chi connectivity index (χ1n) is 11.4. The Morgan fingerprint density at radius 1 is 1.12 bits per heavy atom. The Balaban J connectivity index is 1.36. The van der Waals surface area contributed by atoms with Gasteiger partial charge in [0.1, 0.15) is 6.04 Å². The van der Waals surface area contributed by atoms with Crippen molar-refractivity contribution in [3.05, 3.63) is 29.3 Å². The lowest BCUT2D eigenvalue weighted by Gasteiger charge is -2.31. The number of piperidine rings is 2. The molecule has 0 aliphatic carbocycles. The highest BCUT2D eigenvalue weighted by molar-refractivity contribution is 6.25. The number of hydrogen-bond acceptors (Lipinski definition) is 7. The molecule has 0 spiro atoms. The Hall–Kier alpha value is -3.27. The number of fused-ring (bicyclic) bond motifs is 1. The first-order valence-corrected chi connectivity index (χ1v) is 11.4. The molecule has 2 fully saturated rings. The molecule has 1 unspecified atom stereocenters. The normalized spacial score (nSPS) is 21.1. The zero-order chi connectivity index (χ0) is 23.5. The summed E-state index contributed by atoms with van der Waals surface area (Å²) in [5, 5.41) is 8.67. The second kappa shape index (κ2) is 9.70. The zero-order valence-electron chi connectivity index (χ0n) is 18.7. The fourth-order valence-corrected chi connectivity index (χ4v) is 4.70. The summed E-state index contributed by atoms with van der Waals surface area (Å²) < 4.78 is 0. The van der Waals surface area contributed by atoms with Crippen molar-refractivity contribution in [3.8, 4) is 0 Å². The summed E-state index contributed by atoms with van der Waals surface area (Å²) >= 11 is 0. The number of benzene rings is 1. The summed E-state index contributed by atoms with van der Waals surface area (Å²) in [6.45, 7) is 2.30. The lowest BCUT2D eigenvalue weighted by molar-refractivity contribution is -0.136. The van der Waals surface area contributed by atoms with E-state index in [9.17, 15) is 24.0 Å². The first kappa shape index (κ1) is 22.9. The Bertz CT molecular complexity index is 987. The summed E-state index contributed by atoms with van der Waals surface area (Å²) in [6, 6.07) is 4.22. The molecule has 33 heavy (non-hydrogen) atoms. The molecule has 0 saturated carbocycles. The largest absolute Gasteiger partial charge is 0.384 e. The highest BCUT2D eigenvalue weighted by atomic mass is 16.2. The lowest BCUT2D eigenvalue weighted by atomic mass is 10.0. The molecule has 0 aromatic heterocycles. The summed E-state index contributed by atoms with van der Waals surface area (Å²) in [7, 11) is 1.85. The number of anilines is 1. The van der Waals surface area contributed by atoms with Crippen molar-refractivity contribution in [3.63, 3.8) is 0 Å². The summed E-state index contributed by atoms with van der Waals surface area (Å²) in [5.74, 6) is -2.03. The molecule has 1 aromatic carbocycles. The van der Waals surface area contributed by atoms with E-state index >= 15 is 0 Å². The lowest BCUT2D eigenvalue weighted by Crippen LogP contribution is -2.54. The maximum atomic E-state index is 13.1. The van der Waals surface area contributed by atoms with Crippen molar-refractivity contribution >= 4 is 35.2 Å². The highest BCUT2D eigenvalue weighted by Gasteiger charge is 2.45. The monoisotopic (exact) mass is 455 g/mol. The van der Waals surface area contributed by atoms with Crippen LogP contribution < -0.4 is 16.0 Å². The van der Waals surface area contributed by atoms with Gasteiger partial charge >= 0.3 is 0 Å². The average molecular weight is 456 g/mol. The van der Waals surface area contributed by atoms with Gasteiger partial charge in [-0.1, -0.05) is 6.07 Å². The Labute approximate surface area is 192 Å². The maximum Gasteiger partial charge on any atom is 0.264 e. The molecule has 10 heteroatoms. The van der Waals surface area contributed by atoms with Crippen molar-refractivity contribution in [2.45, 2.75) is 50.6 Å². The van der Waals surface area contributed by atoms with Gasteiger partial charge in [-0.3, -0.25) is 34.2 Å². The molecular weight excluding hydrogens is 426 g/mol. The van der Waals surface area contributed by atoms with Crippen LogP contribution in [0.15, 0.2) is 18.2 Å². The minimum absolute atomic E-state index is 0.0781. The van der Waals surface area contributed by atoms with Crippen LogP contribution >= 0.6 is 0 Å². The molecule has 4 rings (SSSR count). The Morgan fingerprint density at radius 3 is 2.61 bits per heavy atom. The average Bonchev–Trinajstić information content (AvgIpc) is 3.07. The van der Waals surface area contributed by atoms with E-state index in [-0.39, 0.29) is 35.9 Å². The molecule has 2 saturated heterocycles. The predicted molar refractivity (Wildman–Crippen MR) is 119 cm³/mol. The van der Waals surface area contributed by atoms with Gasteiger partial charge in [0.15, 0.2) is 0 Å². The smallest absolute Gasteiger partial charge is 0.264 e. The van der Waals surface area contributed by atoms with E-state index in [4.69, 9.17) is 0 Å². The molecule has 10 nitrogen and oxygen atoms in total. The van der Waals surface area contributed by atoms with Gasteiger partial charge < -0.3 is 15.5 Å². The molecule has 1 atom stereocenters. The Morgan fingerprint density at radius 2 is 1.88 bits per heavy atom. The Kier molecular flexibility index (Phi) is 6.73. The van der Waals surface area contributed by atoms with Crippen LogP contribution in [0.5, 0.6) is 0 Å². The number of amides is 5. The van der Waals surface area contributed by atoms with Crippen LogP contribution in [-0.2, 0) is 14.4 Å². The quantitative estimate of drug-likeness (QED) is 0.403. The zero-order valence-corrected chi connectivity index (χ0v) is 18.7. The van der Waals surface area contributed by atoms with E-state index in [0.29, 0.717) is 25.1 Å². The van der Waals surface area contributed by atoms with E-state index in [2.05, 4.69) is 16.0 Å². The third-order valence-corrected chi connectivity index (χ3v) is 6.60. The molecule has 3 N–H and O–H groups in total. The molecule has 3 aliphatic rings. The van der Waals surface area contributed by atoms with Gasteiger partial charge in [-0.25, -0.2) is 0 Å². The van der Waals surface area contributed by atoms with Crippen molar-refractivity contribution in [2.75, 3.05) is 32.0 Å². The van der Waals surface area contributed by atoms with Crippen LogP contribution in [0.2, 0.25) is 0 Å². The van der Waals surface area contributed by atoms with Gasteiger partial charge in [0.05, 0.1) is 11.1 Å². The number of carbonyl (C=O) groups excluding carboxylic acids is 5. The number of nitrogens with one attached hydrogen (secondary N) is 3. The molecule has 1 aromatic rings. The minimum Gasteiger partial charge on any atom is -0.384 e. The van der Waals surface area contributed by atoms with E-state index in [1.54, 1.807) is 18.2 Å². The van der Waals surface area contributed by atoms with Crippen molar-refractivity contribution < 1.29 is 24.0 Å². The van der Waals surface area contributed by atoms with Crippen molar-refractivity contribution in [2.24, 2.45) is 0 Å². The summed E-state index contributed by atoms with van der Waals surface area (Å²) in [5.41, 5.74) is 0.960. The van der Waals surface area contributed by atoms with E-state index in [1.165, 1.54) is 0 Å². The second-order valence-corrected chi connectivity index (χ2v) is 8.69. The molecule has 176 valence electrons. The third kappa shape index (κ3) is 4.61. The molecule has 0 bridgehead atoms. The van der Waals surface area contributed by atoms with Crippen LogP contribution in [0.25, 0.3) is 0 Å². The molecule has 3 heterocycles. The van der Waals surface area contributed by atoms with E-state index in [1.807, 2.05) is 11.9 Å². The summed E-state index contributed by atoms with van der Waals surface area (Å²) in [4.78, 5) is 65.0. The molecule has 3 aliphatic heterocycles. The number of nitrogens with zero attached hydrogens (tertiary/aromatic N) is 2. The number of rotatable bonds is 7. The second-order valence-electron chi connectivity index (χ2n) is 8.69. The molecule has 0 radical (unpaired) electrons. The van der Waals surface area contributed by atoms with Crippen molar-refractivity contribution in [1.29, 1.82) is 0 Å². The van der Waals surface area contributed by atoms with Crippen LogP contribution in [0, 0.1) is 0 Å². The van der Waals surface area contributed by atoms with Gasteiger partial charge in [-0.2, -0.15) is 0 Å². The van der Waals surface area contributed by atoms with Gasteiger partial charge in [-0.05, 0) is 50.9 Å². The van der Waals surface area contributed by atoms with Crippen LogP contribution in [0.4, 0.5) is 5.69 Å². The predicted octanol–water partition coefficient (Wildman–Crippen LogP) is 0.490. The summed E-state index contributed by atoms with van der Waals surface area (Å²) in [6.07, 6.45) is 3.07. The van der Waals surface area contributed by atoms with Gasteiger partial charge in [0, 0.05) is 38.2 Å². The first-order chi connectivity index (χ1) is 15.9. The standard InChI is InChI=1S/C23H29N5O5/c1-27(14-9-12-24-13-10-14)19(30)6-3-11-25-16-5-2-4-15-20(16)23(33)28(22(15)32)17-7-8-18(29)26-21(17)31/h2,4-5,14,17,24-25H,3,6-13H2,1H3,(H,26,29,31). The molecule has 5 amide bonds. The third-order valence-electron chi connectivity index (χ3n) is 6.60. The van der Waals surface area contributed by atoms with Gasteiger partial charge in [-0.15, -0.1) is 0 Å². The number of carbonyl (C=O) groups is 5. The highest BCUT2D eigenvalue weighted by Crippen LogP contribution is 2.32. The van der Waals surface area contributed by atoms with Crippen LogP contribution in [0.1, 0.15) is 59.2 Å². The van der Waals surface area contributed by atoms with Crippen LogP contribution in [0.3, 0.4) is 0 Å². The van der Waals surface area contributed by atoms with E-state index in [0.717, 1.165) is 30.8 Å². The maximum absolute atomic E-state index is 13.1. The number of imide groups is 2. The SMILES string of the molecule is CN(C(=O)CCCNc1cccc2c1C(=O)N(C1CCC(=O)NC1=O)C2=O)C1CCNCC1. The van der Waals surface area contributed by atoms with Gasteiger partial charge in [0.2, 0.25) is 17.7 Å². The fraction of sp³-hybridized carbons (Fsp3) is 0.522. The van der Waals surface area contributed by atoms with E-state index < -0.39 is 29.7 Å². The van der Waals surface area contributed by atoms with Crippen LogP contribution in [-0.4, -0.2) is 78.1 Å². The number of hydrogen-bond donors (Lipinski definition) is 3. The van der Waals surface area contributed by atoms with Gasteiger partial charge in [0.25, 0.3) is 11.8 Å². The topological polar surface area (TPSA) is 128 Å². The minimum atomic E-state index is -0.994. The molecular formula is C23H29N5O5.